The van der Waals surface area contributed by atoms with E-state index >= 15 is 0 Å². The molecule has 1 aliphatic rings. The Labute approximate surface area is 274 Å². The molecule has 15 nitrogen and oxygen atoms in total. The van der Waals surface area contributed by atoms with Crippen molar-refractivity contribution in [2.45, 2.75) is 116 Å². The van der Waals surface area contributed by atoms with Gasteiger partial charge in [-0.3, -0.25) is 28.8 Å². The number of hydrogen-bond acceptors (Lipinski definition) is 9. The Bertz CT molecular complexity index is 1090. The fourth-order valence-corrected chi connectivity index (χ4v) is 5.49. The predicted molar refractivity (Wildman–Crippen MR) is 173 cm³/mol. The number of carboxylic acids is 2. The monoisotopic (exact) mass is 672 g/mol. The van der Waals surface area contributed by atoms with Crippen LogP contribution in [-0.2, 0) is 33.6 Å². The Morgan fingerprint density at radius 1 is 0.891 bits per heavy atom. The van der Waals surface area contributed by atoms with Gasteiger partial charge in [0.05, 0.1) is 6.04 Å². The van der Waals surface area contributed by atoms with E-state index in [1.807, 2.05) is 27.0 Å². The number of likely N-dealkylation sites (tertiary alicyclic amines) is 1. The highest BCUT2D eigenvalue weighted by Crippen LogP contribution is 2.22. The first-order chi connectivity index (χ1) is 21.5. The van der Waals surface area contributed by atoms with E-state index in [1.165, 1.54) is 23.6 Å². The third kappa shape index (κ3) is 13.1. The molecule has 46 heavy (non-hydrogen) atoms. The molecule has 0 saturated carbocycles. The summed E-state index contributed by atoms with van der Waals surface area (Å²) in [5.41, 5.74) is 5.92. The standard InChI is InChI=1S/C30H52N6O9S/c1-7-17(4)24(29(43)36-13-8-9-22(36)28(42)34-21(30(44)45)12-14-46-6)35-25(39)18(5)32-27(41)20(10-11-23(37)38)33-26(40)19(31)15-16(2)3/h16-22,24H,7-15,31H2,1-6H3,(H,32,41)(H,33,40)(H,34,42)(H,35,39)(H,37,38)(H,44,45)/t17-,18-,19-,20-,21+,22+,24-/m1/s1. The Morgan fingerprint density at radius 2 is 1.54 bits per heavy atom. The van der Waals surface area contributed by atoms with Crippen molar-refractivity contribution in [2.24, 2.45) is 17.6 Å². The molecule has 0 unspecified atom stereocenters. The number of nitrogens with zero attached hydrogens (tertiary/aromatic N) is 1. The first-order valence-corrected chi connectivity index (χ1v) is 17.1. The molecule has 5 amide bonds. The van der Waals surface area contributed by atoms with Crippen molar-refractivity contribution in [3.05, 3.63) is 0 Å². The van der Waals surface area contributed by atoms with Crippen LogP contribution in [0.5, 0.6) is 0 Å². The summed E-state index contributed by atoms with van der Waals surface area (Å²) in [7, 11) is 0. The van der Waals surface area contributed by atoms with Crippen LogP contribution >= 0.6 is 11.8 Å². The highest BCUT2D eigenvalue weighted by atomic mass is 32.2. The molecular weight excluding hydrogens is 620 g/mol. The summed E-state index contributed by atoms with van der Waals surface area (Å²) < 4.78 is 0. The summed E-state index contributed by atoms with van der Waals surface area (Å²) in [6, 6.07) is -6.39. The van der Waals surface area contributed by atoms with Gasteiger partial charge in [0.25, 0.3) is 0 Å². The molecule has 262 valence electrons. The van der Waals surface area contributed by atoms with Gasteiger partial charge in [-0.25, -0.2) is 4.79 Å². The minimum absolute atomic E-state index is 0.105. The van der Waals surface area contributed by atoms with Crippen LogP contribution in [0.25, 0.3) is 0 Å². The minimum Gasteiger partial charge on any atom is -0.481 e. The number of hydrogen-bond donors (Lipinski definition) is 7. The Balaban J connectivity index is 3.03. The van der Waals surface area contributed by atoms with E-state index in [9.17, 15) is 38.7 Å². The van der Waals surface area contributed by atoms with Crippen LogP contribution < -0.4 is 27.0 Å². The third-order valence-corrected chi connectivity index (χ3v) is 8.58. The highest BCUT2D eigenvalue weighted by molar-refractivity contribution is 7.98. The van der Waals surface area contributed by atoms with E-state index in [1.54, 1.807) is 6.92 Å². The number of carboxylic acid groups (broad SMARTS) is 2. The smallest absolute Gasteiger partial charge is 0.326 e. The second kappa shape index (κ2) is 20.0. The number of carbonyl (C=O) groups excluding carboxylic acids is 5. The summed E-state index contributed by atoms with van der Waals surface area (Å²) in [6.07, 6.45) is 3.10. The van der Waals surface area contributed by atoms with Crippen LogP contribution in [0.2, 0.25) is 0 Å². The van der Waals surface area contributed by atoms with Gasteiger partial charge in [-0.1, -0.05) is 34.1 Å². The number of amides is 5. The molecule has 0 spiro atoms. The van der Waals surface area contributed by atoms with Crippen molar-refractivity contribution in [2.75, 3.05) is 18.6 Å². The summed E-state index contributed by atoms with van der Waals surface area (Å²) in [5, 5.41) is 28.9. The normalized spacial score (nSPS) is 18.4. The fourth-order valence-electron chi connectivity index (χ4n) is 5.01. The van der Waals surface area contributed by atoms with Gasteiger partial charge in [0.1, 0.15) is 30.2 Å². The first-order valence-electron chi connectivity index (χ1n) is 15.7. The Morgan fingerprint density at radius 3 is 2.09 bits per heavy atom. The SMILES string of the molecule is CC[C@@H](C)[C@@H](NC(=O)[C@@H](C)NC(=O)[C@@H](CCC(=O)O)NC(=O)[C@H](N)CC(C)C)C(=O)N1CCC[C@H]1C(=O)N[C@@H](CCSC)C(=O)O. The number of thioether (sulfide) groups is 1. The maximum Gasteiger partial charge on any atom is 0.326 e. The Hall–Kier alpha value is -3.40. The van der Waals surface area contributed by atoms with Crippen LogP contribution in [0.4, 0.5) is 0 Å². The first kappa shape index (κ1) is 40.6. The van der Waals surface area contributed by atoms with E-state index in [4.69, 9.17) is 10.8 Å². The Kier molecular flexibility index (Phi) is 17.6. The maximum absolute atomic E-state index is 13.8. The van der Waals surface area contributed by atoms with Crippen molar-refractivity contribution in [1.82, 2.24) is 26.2 Å². The lowest BCUT2D eigenvalue weighted by Crippen LogP contribution is -2.59. The van der Waals surface area contributed by atoms with Gasteiger partial charge in [0.2, 0.25) is 29.5 Å². The minimum atomic E-state index is -1.27. The van der Waals surface area contributed by atoms with Gasteiger partial charge in [0.15, 0.2) is 0 Å². The zero-order valence-corrected chi connectivity index (χ0v) is 28.5. The van der Waals surface area contributed by atoms with Crippen molar-refractivity contribution in [3.8, 4) is 0 Å². The molecule has 0 aromatic heterocycles. The topological polar surface area (TPSA) is 237 Å². The molecule has 0 aromatic carbocycles. The molecule has 16 heteroatoms. The second-order valence-electron chi connectivity index (χ2n) is 12.2. The summed E-state index contributed by atoms with van der Waals surface area (Å²) in [5.74, 6) is -5.25. The van der Waals surface area contributed by atoms with Crippen molar-refractivity contribution < 1.29 is 43.8 Å². The van der Waals surface area contributed by atoms with Gasteiger partial charge in [0, 0.05) is 13.0 Å². The number of carbonyl (C=O) groups is 7. The number of rotatable bonds is 20. The zero-order chi connectivity index (χ0) is 35.1. The van der Waals surface area contributed by atoms with Gasteiger partial charge in [-0.15, -0.1) is 0 Å². The molecule has 1 fully saturated rings. The quantitative estimate of drug-likeness (QED) is 0.0913. The fraction of sp³-hybridized carbons (Fsp3) is 0.767. The summed E-state index contributed by atoms with van der Waals surface area (Å²) >= 11 is 1.45. The highest BCUT2D eigenvalue weighted by Gasteiger charge is 2.40. The van der Waals surface area contributed by atoms with Crippen LogP contribution in [-0.4, -0.2) is 111 Å². The second-order valence-corrected chi connectivity index (χ2v) is 13.2. The van der Waals surface area contributed by atoms with Crippen LogP contribution in [0.1, 0.15) is 79.6 Å². The van der Waals surface area contributed by atoms with Crippen molar-refractivity contribution in [1.29, 1.82) is 0 Å². The number of aliphatic carboxylic acids is 2. The summed E-state index contributed by atoms with van der Waals surface area (Å²) in [6.45, 7) is 8.98. The van der Waals surface area contributed by atoms with Gasteiger partial charge in [-0.2, -0.15) is 11.8 Å². The van der Waals surface area contributed by atoms with E-state index in [-0.39, 0.29) is 31.2 Å². The third-order valence-electron chi connectivity index (χ3n) is 7.93. The molecule has 0 aromatic rings. The largest absolute Gasteiger partial charge is 0.481 e. The number of nitrogens with one attached hydrogen (secondary N) is 4. The maximum atomic E-state index is 13.8. The van der Waals surface area contributed by atoms with Crippen LogP contribution in [0, 0.1) is 11.8 Å². The van der Waals surface area contributed by atoms with E-state index < -0.39 is 84.1 Å². The average molecular weight is 673 g/mol. The molecule has 1 saturated heterocycles. The molecule has 8 N–H and O–H groups in total. The molecule has 1 rings (SSSR count). The zero-order valence-electron chi connectivity index (χ0n) is 27.7. The van der Waals surface area contributed by atoms with Crippen LogP contribution in [0.15, 0.2) is 0 Å². The molecule has 0 aliphatic carbocycles. The molecule has 0 radical (unpaired) electrons. The molecule has 1 heterocycles. The van der Waals surface area contributed by atoms with Gasteiger partial charge >= 0.3 is 11.9 Å². The van der Waals surface area contributed by atoms with Crippen molar-refractivity contribution in [3.63, 3.8) is 0 Å². The lowest BCUT2D eigenvalue weighted by Gasteiger charge is -2.32. The molecule has 7 atom stereocenters. The summed E-state index contributed by atoms with van der Waals surface area (Å²) in [4.78, 5) is 90.0. The average Bonchev–Trinajstić information content (AvgIpc) is 3.48. The van der Waals surface area contributed by atoms with Gasteiger partial charge in [-0.05, 0) is 62.9 Å². The number of nitrogens with two attached hydrogens (primary N) is 1. The molecular formula is C30H52N6O9S. The van der Waals surface area contributed by atoms with E-state index in [0.717, 1.165) is 0 Å². The lowest BCUT2D eigenvalue weighted by molar-refractivity contribution is -0.145. The molecule has 0 bridgehead atoms. The predicted octanol–water partition coefficient (Wildman–Crippen LogP) is 0.0585. The van der Waals surface area contributed by atoms with E-state index in [0.29, 0.717) is 31.4 Å². The lowest BCUT2D eigenvalue weighted by atomic mass is 9.97. The van der Waals surface area contributed by atoms with Crippen LogP contribution in [0.3, 0.4) is 0 Å². The van der Waals surface area contributed by atoms with Gasteiger partial charge < -0.3 is 42.1 Å². The molecule has 1 aliphatic heterocycles. The van der Waals surface area contributed by atoms with E-state index in [2.05, 4.69) is 21.3 Å². The van der Waals surface area contributed by atoms with Crippen molar-refractivity contribution >= 4 is 53.2 Å².